The standard InChI is InChI=1S/C14H16BrN3O/c1-3-18-13(12(15)8-17-18)9-16-14(19)11-7-5-4-6-10(11)2/h4-8H,3,9H2,1-2H3,(H,16,19). The second-order valence-electron chi connectivity index (χ2n) is 4.25. The Kier molecular flexibility index (Phi) is 4.37. The molecule has 0 aliphatic rings. The molecular weight excluding hydrogens is 306 g/mol. The van der Waals surface area contributed by atoms with Crippen LogP contribution in [0.1, 0.15) is 28.5 Å². The number of aryl methyl sites for hydroxylation is 2. The predicted octanol–water partition coefficient (Wildman–Crippen LogP) is 2.90. The van der Waals surface area contributed by atoms with Crippen LogP contribution in [0.4, 0.5) is 0 Å². The van der Waals surface area contributed by atoms with Crippen molar-refractivity contribution < 1.29 is 4.79 Å². The molecule has 1 heterocycles. The summed E-state index contributed by atoms with van der Waals surface area (Å²) in [6.07, 6.45) is 1.75. The van der Waals surface area contributed by atoms with E-state index in [1.165, 1.54) is 0 Å². The fourth-order valence-electron chi connectivity index (χ4n) is 1.92. The Morgan fingerprint density at radius 1 is 1.42 bits per heavy atom. The van der Waals surface area contributed by atoms with Gasteiger partial charge in [0.1, 0.15) is 0 Å². The monoisotopic (exact) mass is 321 g/mol. The van der Waals surface area contributed by atoms with Crippen LogP contribution in [0.25, 0.3) is 0 Å². The topological polar surface area (TPSA) is 46.9 Å². The lowest BCUT2D eigenvalue weighted by Gasteiger charge is -2.09. The average molecular weight is 322 g/mol. The van der Waals surface area contributed by atoms with Crippen LogP contribution in [-0.4, -0.2) is 15.7 Å². The first-order valence-corrected chi connectivity index (χ1v) is 6.96. The molecule has 0 fully saturated rings. The predicted molar refractivity (Wildman–Crippen MR) is 78.0 cm³/mol. The third kappa shape index (κ3) is 3.04. The molecule has 0 aliphatic carbocycles. The molecule has 1 aromatic heterocycles. The average Bonchev–Trinajstić information content (AvgIpc) is 2.77. The Labute approximate surface area is 120 Å². The van der Waals surface area contributed by atoms with Gasteiger partial charge in [-0.3, -0.25) is 9.48 Å². The van der Waals surface area contributed by atoms with Crippen molar-refractivity contribution in [3.05, 3.63) is 51.8 Å². The summed E-state index contributed by atoms with van der Waals surface area (Å²) >= 11 is 3.44. The summed E-state index contributed by atoms with van der Waals surface area (Å²) in [5.74, 6) is -0.0612. The molecule has 0 aliphatic heterocycles. The van der Waals surface area contributed by atoms with Crippen LogP contribution in [0.3, 0.4) is 0 Å². The van der Waals surface area contributed by atoms with Crippen LogP contribution in [0.2, 0.25) is 0 Å². The van der Waals surface area contributed by atoms with Gasteiger partial charge in [0.25, 0.3) is 5.91 Å². The van der Waals surface area contributed by atoms with Gasteiger partial charge >= 0.3 is 0 Å². The minimum atomic E-state index is -0.0612. The Morgan fingerprint density at radius 3 is 2.84 bits per heavy atom. The van der Waals surface area contributed by atoms with Gasteiger partial charge < -0.3 is 5.32 Å². The number of benzene rings is 1. The van der Waals surface area contributed by atoms with Crippen molar-refractivity contribution in [1.82, 2.24) is 15.1 Å². The zero-order valence-corrected chi connectivity index (χ0v) is 12.6. The molecular formula is C14H16BrN3O. The van der Waals surface area contributed by atoms with Crippen molar-refractivity contribution in [2.75, 3.05) is 0 Å². The quantitative estimate of drug-likeness (QED) is 0.941. The Morgan fingerprint density at radius 2 is 2.16 bits per heavy atom. The molecule has 0 saturated carbocycles. The van der Waals surface area contributed by atoms with Crippen molar-refractivity contribution in [2.24, 2.45) is 0 Å². The van der Waals surface area contributed by atoms with Crippen LogP contribution < -0.4 is 5.32 Å². The van der Waals surface area contributed by atoms with E-state index in [4.69, 9.17) is 0 Å². The van der Waals surface area contributed by atoms with E-state index in [-0.39, 0.29) is 5.91 Å². The summed E-state index contributed by atoms with van der Waals surface area (Å²) in [7, 11) is 0. The zero-order chi connectivity index (χ0) is 13.8. The number of nitrogens with zero attached hydrogens (tertiary/aromatic N) is 2. The Bertz CT molecular complexity index is 592. The molecule has 1 amide bonds. The van der Waals surface area contributed by atoms with Crippen molar-refractivity contribution in [2.45, 2.75) is 26.9 Å². The molecule has 0 radical (unpaired) electrons. The van der Waals surface area contributed by atoms with E-state index >= 15 is 0 Å². The summed E-state index contributed by atoms with van der Waals surface area (Å²) in [5.41, 5.74) is 2.66. The maximum Gasteiger partial charge on any atom is 0.251 e. The molecule has 0 bridgehead atoms. The van der Waals surface area contributed by atoms with Gasteiger partial charge in [-0.25, -0.2) is 0 Å². The first-order valence-electron chi connectivity index (χ1n) is 6.17. The molecule has 4 nitrogen and oxygen atoms in total. The smallest absolute Gasteiger partial charge is 0.251 e. The highest BCUT2D eigenvalue weighted by Crippen LogP contribution is 2.16. The minimum absolute atomic E-state index is 0.0612. The largest absolute Gasteiger partial charge is 0.346 e. The lowest BCUT2D eigenvalue weighted by molar-refractivity contribution is 0.0949. The number of hydrogen-bond donors (Lipinski definition) is 1. The fourth-order valence-corrected chi connectivity index (χ4v) is 2.36. The molecule has 19 heavy (non-hydrogen) atoms. The molecule has 0 saturated heterocycles. The molecule has 1 N–H and O–H groups in total. The number of rotatable bonds is 4. The number of halogens is 1. The normalized spacial score (nSPS) is 10.5. The van der Waals surface area contributed by atoms with E-state index < -0.39 is 0 Å². The second-order valence-corrected chi connectivity index (χ2v) is 5.11. The Hall–Kier alpha value is -1.62. The third-order valence-electron chi connectivity index (χ3n) is 3.00. The molecule has 0 unspecified atom stereocenters. The van der Waals surface area contributed by atoms with Gasteiger partial charge in [0.05, 0.1) is 22.9 Å². The van der Waals surface area contributed by atoms with Crippen LogP contribution >= 0.6 is 15.9 Å². The molecule has 0 atom stereocenters. The fraction of sp³-hybridized carbons (Fsp3) is 0.286. The van der Waals surface area contributed by atoms with Gasteiger partial charge in [0.15, 0.2) is 0 Å². The number of carbonyl (C=O) groups excluding carboxylic acids is 1. The van der Waals surface area contributed by atoms with Crippen molar-refractivity contribution >= 4 is 21.8 Å². The van der Waals surface area contributed by atoms with Crippen molar-refractivity contribution in [1.29, 1.82) is 0 Å². The van der Waals surface area contributed by atoms with Gasteiger partial charge in [-0.2, -0.15) is 5.10 Å². The number of amides is 1. The third-order valence-corrected chi connectivity index (χ3v) is 3.67. The highest BCUT2D eigenvalue weighted by atomic mass is 79.9. The van der Waals surface area contributed by atoms with Crippen molar-refractivity contribution in [3.8, 4) is 0 Å². The minimum Gasteiger partial charge on any atom is -0.346 e. The highest BCUT2D eigenvalue weighted by molar-refractivity contribution is 9.10. The van der Waals surface area contributed by atoms with Gasteiger partial charge in [-0.05, 0) is 41.4 Å². The molecule has 2 aromatic rings. The first kappa shape index (κ1) is 13.8. The van der Waals surface area contributed by atoms with Crippen LogP contribution in [0.5, 0.6) is 0 Å². The molecule has 2 rings (SSSR count). The van der Waals surface area contributed by atoms with Crippen LogP contribution in [0, 0.1) is 6.92 Å². The molecule has 0 spiro atoms. The Balaban J connectivity index is 2.09. The first-order chi connectivity index (χ1) is 9.13. The van der Waals surface area contributed by atoms with E-state index in [1.807, 2.05) is 42.8 Å². The number of hydrogen-bond acceptors (Lipinski definition) is 2. The van der Waals surface area contributed by atoms with E-state index in [0.29, 0.717) is 12.1 Å². The highest BCUT2D eigenvalue weighted by Gasteiger charge is 2.11. The molecule has 100 valence electrons. The lowest BCUT2D eigenvalue weighted by atomic mass is 10.1. The summed E-state index contributed by atoms with van der Waals surface area (Å²) in [6.45, 7) is 5.19. The second kappa shape index (κ2) is 6.02. The lowest BCUT2D eigenvalue weighted by Crippen LogP contribution is -2.25. The maximum atomic E-state index is 12.1. The van der Waals surface area contributed by atoms with Crippen LogP contribution in [-0.2, 0) is 13.1 Å². The van der Waals surface area contributed by atoms with Crippen molar-refractivity contribution in [3.63, 3.8) is 0 Å². The van der Waals surface area contributed by atoms with Gasteiger partial charge in [0, 0.05) is 12.1 Å². The number of nitrogens with one attached hydrogen (secondary N) is 1. The number of aromatic nitrogens is 2. The maximum absolute atomic E-state index is 12.1. The number of carbonyl (C=O) groups is 1. The zero-order valence-electron chi connectivity index (χ0n) is 11.0. The van der Waals surface area contributed by atoms with E-state index in [0.717, 1.165) is 22.3 Å². The summed E-state index contributed by atoms with van der Waals surface area (Å²) in [6, 6.07) is 7.56. The summed E-state index contributed by atoms with van der Waals surface area (Å²) in [4.78, 5) is 12.1. The van der Waals surface area contributed by atoms with Gasteiger partial charge in [-0.15, -0.1) is 0 Å². The van der Waals surface area contributed by atoms with E-state index in [1.54, 1.807) is 6.20 Å². The van der Waals surface area contributed by atoms with E-state index in [2.05, 4.69) is 26.3 Å². The molecule has 1 aromatic carbocycles. The van der Waals surface area contributed by atoms with Gasteiger partial charge in [0.2, 0.25) is 0 Å². The summed E-state index contributed by atoms with van der Waals surface area (Å²) < 4.78 is 2.78. The molecule has 5 heteroatoms. The van der Waals surface area contributed by atoms with E-state index in [9.17, 15) is 4.79 Å². The van der Waals surface area contributed by atoms with Crippen LogP contribution in [0.15, 0.2) is 34.9 Å². The van der Waals surface area contributed by atoms with Gasteiger partial charge in [-0.1, -0.05) is 18.2 Å². The SMILES string of the molecule is CCn1ncc(Br)c1CNC(=O)c1ccccc1C. The summed E-state index contributed by atoms with van der Waals surface area (Å²) in [5, 5.41) is 7.15.